The van der Waals surface area contributed by atoms with E-state index >= 15 is 0 Å². The fraction of sp³-hybridized carbons (Fsp3) is 0.0500. The van der Waals surface area contributed by atoms with Crippen molar-refractivity contribution in [3.8, 4) is 11.8 Å². The van der Waals surface area contributed by atoms with E-state index in [4.69, 9.17) is 23.2 Å². The third-order valence-corrected chi connectivity index (χ3v) is 4.53. The normalized spacial score (nSPS) is 11.3. The van der Waals surface area contributed by atoms with E-state index in [2.05, 4.69) is 6.07 Å². The molecule has 0 aliphatic rings. The molecular formula is C20H14Cl2N2. The zero-order valence-electron chi connectivity index (χ0n) is 13.0. The maximum Gasteiger partial charge on any atom is 0.0999 e. The van der Waals surface area contributed by atoms with Crippen molar-refractivity contribution in [2.24, 2.45) is 0 Å². The first-order valence-corrected chi connectivity index (χ1v) is 8.16. The van der Waals surface area contributed by atoms with Crippen LogP contribution in [0.1, 0.15) is 16.8 Å². The molecule has 4 heteroatoms. The quantitative estimate of drug-likeness (QED) is 0.519. The first kappa shape index (κ1) is 16.4. The van der Waals surface area contributed by atoms with E-state index in [9.17, 15) is 5.26 Å². The van der Waals surface area contributed by atoms with Crippen molar-refractivity contribution < 1.29 is 0 Å². The molecule has 3 rings (SSSR count). The third-order valence-electron chi connectivity index (χ3n) is 3.79. The zero-order chi connectivity index (χ0) is 17.1. The van der Waals surface area contributed by atoms with Crippen molar-refractivity contribution in [2.45, 2.75) is 6.92 Å². The van der Waals surface area contributed by atoms with Crippen molar-refractivity contribution in [3.63, 3.8) is 0 Å². The van der Waals surface area contributed by atoms with Gasteiger partial charge in [-0.15, -0.1) is 0 Å². The summed E-state index contributed by atoms with van der Waals surface area (Å²) in [4.78, 5) is 0. The summed E-state index contributed by atoms with van der Waals surface area (Å²) in [5.41, 5.74) is 4.08. The molecule has 0 amide bonds. The second kappa shape index (κ2) is 6.97. The SMILES string of the molecule is Cc1ccc(-n2cccc2C=C(C#N)c2ccccc2Cl)cc1Cl. The van der Waals surface area contributed by atoms with E-state index < -0.39 is 0 Å². The molecule has 0 aliphatic carbocycles. The number of nitriles is 1. The van der Waals surface area contributed by atoms with Gasteiger partial charge >= 0.3 is 0 Å². The van der Waals surface area contributed by atoms with Gasteiger partial charge < -0.3 is 4.57 Å². The minimum absolute atomic E-state index is 0.513. The van der Waals surface area contributed by atoms with Crippen LogP contribution in [-0.4, -0.2) is 4.57 Å². The van der Waals surface area contributed by atoms with Crippen LogP contribution in [0.4, 0.5) is 0 Å². The lowest BCUT2D eigenvalue weighted by molar-refractivity contribution is 1.06. The molecule has 3 aromatic rings. The molecule has 118 valence electrons. The third kappa shape index (κ3) is 3.23. The van der Waals surface area contributed by atoms with Crippen molar-refractivity contribution in [1.82, 2.24) is 4.57 Å². The van der Waals surface area contributed by atoms with Crippen LogP contribution in [0.2, 0.25) is 10.0 Å². The van der Waals surface area contributed by atoms with E-state index in [1.807, 2.05) is 72.3 Å². The van der Waals surface area contributed by atoms with Crippen LogP contribution >= 0.6 is 23.2 Å². The Bertz CT molecular complexity index is 962. The van der Waals surface area contributed by atoms with Crippen LogP contribution in [0.3, 0.4) is 0 Å². The Hall–Kier alpha value is -2.47. The summed E-state index contributed by atoms with van der Waals surface area (Å²) in [6.07, 6.45) is 3.77. The summed E-state index contributed by atoms with van der Waals surface area (Å²) in [7, 11) is 0. The highest BCUT2D eigenvalue weighted by Crippen LogP contribution is 2.27. The molecule has 1 aromatic heterocycles. The predicted molar refractivity (Wildman–Crippen MR) is 100 cm³/mol. The summed E-state index contributed by atoms with van der Waals surface area (Å²) in [6.45, 7) is 1.97. The Kier molecular flexibility index (Phi) is 4.76. The van der Waals surface area contributed by atoms with Crippen LogP contribution < -0.4 is 0 Å². The fourth-order valence-corrected chi connectivity index (χ4v) is 2.89. The standard InChI is InChI=1S/C20H14Cl2N2/c1-14-8-9-17(12-20(14)22)24-10-4-5-16(24)11-15(13-23)18-6-2-3-7-19(18)21/h2-12H,1H3. The maximum absolute atomic E-state index is 9.54. The fourth-order valence-electron chi connectivity index (χ4n) is 2.48. The minimum Gasteiger partial charge on any atom is -0.317 e. The molecule has 24 heavy (non-hydrogen) atoms. The number of benzene rings is 2. The van der Waals surface area contributed by atoms with Gasteiger partial charge in [-0.1, -0.05) is 47.5 Å². The first-order valence-electron chi connectivity index (χ1n) is 7.41. The number of hydrogen-bond donors (Lipinski definition) is 0. The molecule has 0 bridgehead atoms. The number of nitrogens with zero attached hydrogens (tertiary/aromatic N) is 2. The number of hydrogen-bond acceptors (Lipinski definition) is 1. The van der Waals surface area contributed by atoms with E-state index in [0.717, 1.165) is 22.5 Å². The molecule has 0 unspecified atom stereocenters. The van der Waals surface area contributed by atoms with Crippen LogP contribution in [0.15, 0.2) is 60.8 Å². The molecule has 0 radical (unpaired) electrons. The smallest absolute Gasteiger partial charge is 0.0999 e. The number of halogens is 2. The van der Waals surface area contributed by atoms with E-state index in [1.165, 1.54) is 0 Å². The molecular weight excluding hydrogens is 339 g/mol. The molecule has 1 heterocycles. The van der Waals surface area contributed by atoms with Gasteiger partial charge in [-0.3, -0.25) is 0 Å². The van der Waals surface area contributed by atoms with Crippen molar-refractivity contribution in [3.05, 3.63) is 87.7 Å². The molecule has 0 fully saturated rings. The van der Waals surface area contributed by atoms with E-state index in [0.29, 0.717) is 15.6 Å². The van der Waals surface area contributed by atoms with Gasteiger partial charge in [-0.25, -0.2) is 0 Å². The van der Waals surface area contributed by atoms with Gasteiger partial charge in [-0.2, -0.15) is 5.26 Å². The monoisotopic (exact) mass is 352 g/mol. The van der Waals surface area contributed by atoms with E-state index in [-0.39, 0.29) is 0 Å². The number of allylic oxidation sites excluding steroid dienone is 1. The number of aryl methyl sites for hydroxylation is 1. The maximum atomic E-state index is 9.54. The van der Waals surface area contributed by atoms with Crippen LogP contribution in [0, 0.1) is 18.3 Å². The Balaban J connectivity index is 2.08. The predicted octanol–water partition coefficient (Wildman–Crippen LogP) is 6.16. The average molecular weight is 353 g/mol. The molecule has 0 saturated heterocycles. The Morgan fingerprint density at radius 1 is 1.04 bits per heavy atom. The highest BCUT2D eigenvalue weighted by atomic mass is 35.5. The van der Waals surface area contributed by atoms with E-state index in [1.54, 1.807) is 6.07 Å². The second-order valence-corrected chi connectivity index (χ2v) is 6.20. The average Bonchev–Trinajstić information content (AvgIpc) is 3.04. The van der Waals surface area contributed by atoms with Crippen molar-refractivity contribution in [2.75, 3.05) is 0 Å². The molecule has 0 spiro atoms. The lowest BCUT2D eigenvalue weighted by atomic mass is 10.1. The summed E-state index contributed by atoms with van der Waals surface area (Å²) in [6, 6.07) is 19.3. The minimum atomic E-state index is 0.513. The van der Waals surface area contributed by atoms with Crippen LogP contribution in [0.25, 0.3) is 17.3 Å². The lowest BCUT2D eigenvalue weighted by Crippen LogP contribution is -1.96. The molecule has 0 N–H and O–H groups in total. The Labute approximate surface area is 151 Å². The Morgan fingerprint density at radius 3 is 2.54 bits per heavy atom. The zero-order valence-corrected chi connectivity index (χ0v) is 14.5. The second-order valence-electron chi connectivity index (χ2n) is 5.39. The van der Waals surface area contributed by atoms with Crippen LogP contribution in [-0.2, 0) is 0 Å². The topological polar surface area (TPSA) is 28.7 Å². The lowest BCUT2D eigenvalue weighted by Gasteiger charge is -2.09. The molecule has 2 aromatic carbocycles. The Morgan fingerprint density at radius 2 is 1.83 bits per heavy atom. The van der Waals surface area contributed by atoms with Gasteiger partial charge in [-0.05, 0) is 48.9 Å². The van der Waals surface area contributed by atoms with Gasteiger partial charge in [0.05, 0.1) is 11.6 Å². The molecule has 0 atom stereocenters. The summed E-state index contributed by atoms with van der Waals surface area (Å²) >= 11 is 12.5. The molecule has 0 aliphatic heterocycles. The van der Waals surface area contributed by atoms with Gasteiger partial charge in [0.2, 0.25) is 0 Å². The van der Waals surface area contributed by atoms with Crippen molar-refractivity contribution in [1.29, 1.82) is 5.26 Å². The number of aromatic nitrogens is 1. The summed E-state index contributed by atoms with van der Waals surface area (Å²) in [5, 5.41) is 10.8. The van der Waals surface area contributed by atoms with Crippen LogP contribution in [0.5, 0.6) is 0 Å². The highest BCUT2D eigenvalue weighted by Gasteiger charge is 2.08. The summed E-state index contributed by atoms with van der Waals surface area (Å²) in [5.74, 6) is 0. The van der Waals surface area contributed by atoms with Gasteiger partial charge in [0.25, 0.3) is 0 Å². The highest BCUT2D eigenvalue weighted by molar-refractivity contribution is 6.32. The van der Waals surface area contributed by atoms with Gasteiger partial charge in [0.1, 0.15) is 0 Å². The first-order chi connectivity index (χ1) is 11.6. The number of rotatable bonds is 3. The molecule has 2 nitrogen and oxygen atoms in total. The van der Waals surface area contributed by atoms with Gasteiger partial charge in [0, 0.05) is 33.2 Å². The van der Waals surface area contributed by atoms with Crippen molar-refractivity contribution >= 4 is 34.9 Å². The molecule has 0 saturated carbocycles. The largest absolute Gasteiger partial charge is 0.317 e. The van der Waals surface area contributed by atoms with Gasteiger partial charge in [0.15, 0.2) is 0 Å². The summed E-state index contributed by atoms with van der Waals surface area (Å²) < 4.78 is 1.99.